The average molecular weight is 453 g/mol. The van der Waals surface area contributed by atoms with Gasteiger partial charge in [-0.3, -0.25) is 0 Å². The van der Waals surface area contributed by atoms with Crippen LogP contribution in [0, 0.1) is 0 Å². The summed E-state index contributed by atoms with van der Waals surface area (Å²) in [4.78, 5) is 0. The van der Waals surface area contributed by atoms with E-state index in [9.17, 15) is 0 Å². The van der Waals surface area contributed by atoms with Crippen LogP contribution < -0.4 is 21.7 Å². The van der Waals surface area contributed by atoms with Crippen molar-refractivity contribution < 1.29 is 30.6 Å². The molecule has 1 aliphatic heterocycles. The minimum Gasteiger partial charge on any atom is -1.00 e. The maximum atomic E-state index is 6.06. The lowest BCUT2D eigenvalue weighted by atomic mass is 10.1. The number of ether oxygens (including phenoxy) is 1. The number of hydrogen-bond acceptors (Lipinski definition) is 2. The van der Waals surface area contributed by atoms with Gasteiger partial charge in [0, 0.05) is 27.9 Å². The molecule has 1 aromatic heterocycles. The Morgan fingerprint density at radius 3 is 2.44 bits per heavy atom. The van der Waals surface area contributed by atoms with Crippen molar-refractivity contribution in [3.05, 3.63) is 41.4 Å². The number of piperidine rings is 1. The second kappa shape index (κ2) is 8.85. The molecule has 0 aliphatic carbocycles. The summed E-state index contributed by atoms with van der Waals surface area (Å²) in [5.41, 5.74) is 1.68. The zero-order valence-corrected chi connectivity index (χ0v) is 18.2. The maximum absolute atomic E-state index is 6.06. The number of halogens is 2. The molecular formula is C22H27BrClNO2. The highest BCUT2D eigenvalue weighted by atomic mass is 79.9. The predicted molar refractivity (Wildman–Crippen MR) is 108 cm³/mol. The number of rotatable bonds is 6. The van der Waals surface area contributed by atoms with E-state index in [-0.39, 0.29) is 17.0 Å². The van der Waals surface area contributed by atoms with Gasteiger partial charge in [0.05, 0.1) is 33.3 Å². The van der Waals surface area contributed by atoms with E-state index in [2.05, 4.69) is 13.1 Å². The molecule has 0 saturated carbocycles. The molecule has 146 valence electrons. The van der Waals surface area contributed by atoms with Gasteiger partial charge in [-0.1, -0.05) is 11.6 Å². The number of quaternary nitrogens is 1. The molecule has 2 heterocycles. The highest BCUT2D eigenvalue weighted by Gasteiger charge is 2.23. The van der Waals surface area contributed by atoms with E-state index in [1.165, 1.54) is 49.8 Å². The smallest absolute Gasteiger partial charge is 0.139 e. The molecule has 0 radical (unpaired) electrons. The molecule has 1 saturated heterocycles. The standard InChI is InChI=1S/C22H27ClNO2.BrH/c1-24(11-3-2-4-12-24)13-5-6-14-25-18-8-10-20-19-9-7-17(23)15-21(19)26-22(20)16-18;/h7-10,15-16H,2-6,11-14H2,1H3;1H/q+1;/p-1. The molecule has 0 atom stereocenters. The van der Waals surface area contributed by atoms with E-state index >= 15 is 0 Å². The summed E-state index contributed by atoms with van der Waals surface area (Å²) < 4.78 is 13.1. The van der Waals surface area contributed by atoms with Crippen molar-refractivity contribution in [2.24, 2.45) is 0 Å². The van der Waals surface area contributed by atoms with Gasteiger partial charge in [-0.25, -0.2) is 0 Å². The van der Waals surface area contributed by atoms with Crippen LogP contribution in [-0.2, 0) is 0 Å². The van der Waals surface area contributed by atoms with E-state index in [0.717, 1.165) is 40.7 Å². The zero-order valence-electron chi connectivity index (χ0n) is 15.8. The van der Waals surface area contributed by atoms with E-state index < -0.39 is 0 Å². The van der Waals surface area contributed by atoms with Gasteiger partial charge < -0.3 is 30.6 Å². The molecule has 0 unspecified atom stereocenters. The van der Waals surface area contributed by atoms with Crippen LogP contribution in [0.15, 0.2) is 40.8 Å². The molecular weight excluding hydrogens is 426 g/mol. The Hall–Kier alpha value is -1.23. The number of unbranched alkanes of at least 4 members (excludes halogenated alkanes) is 1. The summed E-state index contributed by atoms with van der Waals surface area (Å²) in [6.07, 6.45) is 6.50. The topological polar surface area (TPSA) is 22.4 Å². The fraction of sp³-hybridized carbons (Fsp3) is 0.455. The van der Waals surface area contributed by atoms with Crippen molar-refractivity contribution in [3.63, 3.8) is 0 Å². The van der Waals surface area contributed by atoms with Crippen molar-refractivity contribution in [2.75, 3.05) is 33.3 Å². The summed E-state index contributed by atoms with van der Waals surface area (Å²) in [5.74, 6) is 0.876. The second-order valence-corrected chi connectivity index (χ2v) is 8.24. The molecule has 3 aromatic rings. The van der Waals surface area contributed by atoms with Crippen LogP contribution in [0.1, 0.15) is 32.1 Å². The number of fused-ring (bicyclic) bond motifs is 3. The molecule has 3 nitrogen and oxygen atoms in total. The van der Waals surface area contributed by atoms with E-state index in [1.54, 1.807) is 0 Å². The van der Waals surface area contributed by atoms with E-state index in [4.69, 9.17) is 20.8 Å². The monoisotopic (exact) mass is 451 g/mol. The molecule has 5 heteroatoms. The van der Waals surface area contributed by atoms with Gasteiger partial charge in [-0.15, -0.1) is 0 Å². The molecule has 27 heavy (non-hydrogen) atoms. The Bertz CT molecular complexity index is 902. The van der Waals surface area contributed by atoms with E-state index in [0.29, 0.717) is 5.02 Å². The van der Waals surface area contributed by atoms with Crippen LogP contribution in [0.5, 0.6) is 5.75 Å². The Morgan fingerprint density at radius 2 is 1.67 bits per heavy atom. The number of furan rings is 1. The third-order valence-electron chi connectivity index (χ3n) is 5.66. The number of nitrogens with zero attached hydrogens (tertiary/aromatic N) is 1. The second-order valence-electron chi connectivity index (χ2n) is 7.81. The van der Waals surface area contributed by atoms with Gasteiger partial charge in [0.15, 0.2) is 0 Å². The average Bonchev–Trinajstić information content (AvgIpc) is 2.98. The Labute approximate surface area is 176 Å². The molecule has 4 rings (SSSR count). The van der Waals surface area contributed by atoms with Crippen molar-refractivity contribution in [1.29, 1.82) is 0 Å². The lowest BCUT2D eigenvalue weighted by Crippen LogP contribution is -3.00. The Morgan fingerprint density at radius 1 is 0.963 bits per heavy atom. The first kappa shape index (κ1) is 20.5. The largest absolute Gasteiger partial charge is 1.00 e. The van der Waals surface area contributed by atoms with Gasteiger partial charge in [-0.2, -0.15) is 0 Å². The van der Waals surface area contributed by atoms with Gasteiger partial charge in [0.25, 0.3) is 0 Å². The van der Waals surface area contributed by atoms with Crippen molar-refractivity contribution in [1.82, 2.24) is 0 Å². The first-order valence-electron chi connectivity index (χ1n) is 9.71. The van der Waals surface area contributed by atoms with Crippen LogP contribution in [0.3, 0.4) is 0 Å². The minimum atomic E-state index is 0. The SMILES string of the molecule is C[N+]1(CCCCOc2ccc3c(c2)oc2cc(Cl)ccc23)CCCCC1.[Br-]. The van der Waals surface area contributed by atoms with Gasteiger partial charge in [0.1, 0.15) is 16.9 Å². The lowest BCUT2D eigenvalue weighted by molar-refractivity contribution is -0.914. The molecule has 2 aromatic carbocycles. The van der Waals surface area contributed by atoms with Gasteiger partial charge in [0.2, 0.25) is 0 Å². The third-order valence-corrected chi connectivity index (χ3v) is 5.90. The van der Waals surface area contributed by atoms with Crippen molar-refractivity contribution in [3.8, 4) is 5.75 Å². The van der Waals surface area contributed by atoms with Crippen LogP contribution in [-0.4, -0.2) is 37.8 Å². The van der Waals surface area contributed by atoms with Crippen molar-refractivity contribution in [2.45, 2.75) is 32.1 Å². The number of hydrogen-bond donors (Lipinski definition) is 0. The normalized spacial score (nSPS) is 16.4. The third kappa shape index (κ3) is 4.79. The molecule has 0 spiro atoms. The number of likely N-dealkylation sites (tertiary alicyclic amines) is 1. The fourth-order valence-electron chi connectivity index (χ4n) is 4.11. The highest BCUT2D eigenvalue weighted by molar-refractivity contribution is 6.31. The maximum Gasteiger partial charge on any atom is 0.139 e. The summed E-state index contributed by atoms with van der Waals surface area (Å²) in [7, 11) is 2.40. The Kier molecular flexibility index (Phi) is 6.72. The van der Waals surface area contributed by atoms with Crippen LogP contribution >= 0.6 is 11.6 Å². The lowest BCUT2D eigenvalue weighted by Gasteiger charge is -2.37. The van der Waals surface area contributed by atoms with Crippen LogP contribution in [0.25, 0.3) is 21.9 Å². The fourth-order valence-corrected chi connectivity index (χ4v) is 4.27. The summed E-state index contributed by atoms with van der Waals surface area (Å²) in [6, 6.07) is 11.9. The zero-order chi connectivity index (χ0) is 18.0. The van der Waals surface area contributed by atoms with Crippen LogP contribution in [0.4, 0.5) is 0 Å². The first-order valence-corrected chi connectivity index (χ1v) is 10.1. The molecule has 0 amide bonds. The summed E-state index contributed by atoms with van der Waals surface area (Å²) in [6.45, 7) is 4.71. The van der Waals surface area contributed by atoms with Gasteiger partial charge in [-0.05, 0) is 56.4 Å². The number of benzene rings is 2. The van der Waals surface area contributed by atoms with Crippen LogP contribution in [0.2, 0.25) is 5.02 Å². The highest BCUT2D eigenvalue weighted by Crippen LogP contribution is 2.32. The molecule has 0 N–H and O–H groups in total. The summed E-state index contributed by atoms with van der Waals surface area (Å²) in [5, 5.41) is 2.89. The predicted octanol–water partition coefficient (Wildman–Crippen LogP) is 3.03. The molecule has 0 bridgehead atoms. The quantitative estimate of drug-likeness (QED) is 0.424. The minimum absolute atomic E-state index is 0. The first-order chi connectivity index (χ1) is 12.6. The molecule has 1 aliphatic rings. The van der Waals surface area contributed by atoms with Gasteiger partial charge >= 0.3 is 0 Å². The Balaban J connectivity index is 0.00000210. The summed E-state index contributed by atoms with van der Waals surface area (Å²) >= 11 is 6.06. The van der Waals surface area contributed by atoms with E-state index in [1.807, 2.05) is 30.3 Å². The molecule has 1 fully saturated rings. The van der Waals surface area contributed by atoms with Crippen molar-refractivity contribution >= 4 is 33.5 Å².